The summed E-state index contributed by atoms with van der Waals surface area (Å²) in [6.07, 6.45) is 7.55. The summed E-state index contributed by atoms with van der Waals surface area (Å²) in [7, 11) is 1.89. The number of hydrogen-bond acceptors (Lipinski definition) is 2. The van der Waals surface area contributed by atoms with Crippen molar-refractivity contribution < 1.29 is 4.74 Å². The van der Waals surface area contributed by atoms with E-state index < -0.39 is 0 Å². The first-order valence-corrected chi connectivity index (χ1v) is 10.4. The van der Waals surface area contributed by atoms with Crippen molar-refractivity contribution in [1.29, 1.82) is 0 Å². The van der Waals surface area contributed by atoms with E-state index in [1.165, 1.54) is 31.2 Å². The Morgan fingerprint density at radius 3 is 2.59 bits per heavy atom. The van der Waals surface area contributed by atoms with Crippen molar-refractivity contribution in [2.75, 3.05) is 33.3 Å². The Balaban J connectivity index is 0.00000261. The number of halogens is 2. The van der Waals surface area contributed by atoms with Crippen LogP contribution < -0.4 is 5.32 Å². The highest BCUT2D eigenvalue weighted by Crippen LogP contribution is 2.41. The monoisotopic (exact) mass is 505 g/mol. The van der Waals surface area contributed by atoms with Crippen molar-refractivity contribution in [2.45, 2.75) is 57.0 Å². The molecule has 3 rings (SSSR count). The molecule has 0 unspecified atom stereocenters. The van der Waals surface area contributed by atoms with Gasteiger partial charge in [-0.3, -0.25) is 4.99 Å². The first-order chi connectivity index (χ1) is 12.7. The summed E-state index contributed by atoms with van der Waals surface area (Å²) in [4.78, 5) is 6.92. The molecule has 1 N–H and O–H groups in total. The molecule has 0 amide bonds. The van der Waals surface area contributed by atoms with Crippen LogP contribution in [0.15, 0.2) is 29.3 Å². The highest BCUT2D eigenvalue weighted by Gasteiger charge is 2.36. The lowest BCUT2D eigenvalue weighted by Crippen LogP contribution is -2.50. The van der Waals surface area contributed by atoms with Crippen LogP contribution in [0.25, 0.3) is 0 Å². The molecule has 2 fully saturated rings. The highest BCUT2D eigenvalue weighted by atomic mass is 127. The predicted molar refractivity (Wildman–Crippen MR) is 125 cm³/mol. The van der Waals surface area contributed by atoms with Gasteiger partial charge in [0, 0.05) is 43.7 Å². The number of nitrogens with one attached hydrogen (secondary N) is 1. The SMILES string of the molecule is CCOC1CCN(C(=NC)NCC2(c3cccc(Cl)c3)CCCC2)CC1.I. The number of piperidine rings is 1. The molecule has 27 heavy (non-hydrogen) atoms. The molecule has 1 aromatic rings. The Labute approximate surface area is 186 Å². The average molecular weight is 506 g/mol. The van der Waals surface area contributed by atoms with Crippen molar-refractivity contribution in [1.82, 2.24) is 10.2 Å². The molecule has 1 aliphatic carbocycles. The van der Waals surface area contributed by atoms with Gasteiger partial charge in [-0.05, 0) is 50.3 Å². The zero-order valence-electron chi connectivity index (χ0n) is 16.5. The van der Waals surface area contributed by atoms with Gasteiger partial charge in [0.05, 0.1) is 6.10 Å². The first kappa shape index (κ1) is 22.8. The van der Waals surface area contributed by atoms with Gasteiger partial charge < -0.3 is 15.0 Å². The Morgan fingerprint density at radius 2 is 2.00 bits per heavy atom. The maximum absolute atomic E-state index is 6.27. The predicted octanol–water partition coefficient (Wildman–Crippen LogP) is 4.85. The summed E-state index contributed by atoms with van der Waals surface area (Å²) in [6.45, 7) is 5.82. The van der Waals surface area contributed by atoms with Crippen LogP contribution in [0.1, 0.15) is 51.0 Å². The number of likely N-dealkylation sites (tertiary alicyclic amines) is 1. The molecule has 152 valence electrons. The molecule has 1 heterocycles. The minimum absolute atomic E-state index is 0. The van der Waals surface area contributed by atoms with E-state index in [4.69, 9.17) is 16.3 Å². The van der Waals surface area contributed by atoms with Crippen LogP contribution in [0, 0.1) is 0 Å². The largest absolute Gasteiger partial charge is 0.378 e. The van der Waals surface area contributed by atoms with Gasteiger partial charge in [-0.2, -0.15) is 0 Å². The fraction of sp³-hybridized carbons (Fsp3) is 0.667. The lowest BCUT2D eigenvalue weighted by Gasteiger charge is -2.36. The molecule has 1 aromatic carbocycles. The van der Waals surface area contributed by atoms with Crippen LogP contribution in [0.2, 0.25) is 5.02 Å². The van der Waals surface area contributed by atoms with Gasteiger partial charge in [0.15, 0.2) is 5.96 Å². The second-order valence-corrected chi connectivity index (χ2v) is 7.98. The second kappa shape index (κ2) is 10.9. The van der Waals surface area contributed by atoms with Crippen LogP contribution in [-0.2, 0) is 10.2 Å². The summed E-state index contributed by atoms with van der Waals surface area (Å²) in [5.74, 6) is 1.02. The molecule has 4 nitrogen and oxygen atoms in total. The van der Waals surface area contributed by atoms with Gasteiger partial charge in [0.1, 0.15) is 0 Å². The fourth-order valence-corrected chi connectivity index (χ4v) is 4.68. The normalized spacial score (nSPS) is 20.4. The first-order valence-electron chi connectivity index (χ1n) is 10.00. The molecule has 1 saturated carbocycles. The number of aliphatic imine (C=N–C) groups is 1. The maximum Gasteiger partial charge on any atom is 0.193 e. The highest BCUT2D eigenvalue weighted by molar-refractivity contribution is 14.0. The molecule has 0 bridgehead atoms. The van der Waals surface area contributed by atoms with Gasteiger partial charge in [0.25, 0.3) is 0 Å². The van der Waals surface area contributed by atoms with E-state index in [0.717, 1.165) is 50.1 Å². The van der Waals surface area contributed by atoms with Gasteiger partial charge in [-0.1, -0.05) is 36.6 Å². The third-order valence-corrected chi connectivity index (χ3v) is 6.17. The van der Waals surface area contributed by atoms with Gasteiger partial charge in [0.2, 0.25) is 0 Å². The number of rotatable bonds is 5. The zero-order valence-corrected chi connectivity index (χ0v) is 19.6. The summed E-state index contributed by atoms with van der Waals surface area (Å²) in [6, 6.07) is 8.41. The van der Waals surface area contributed by atoms with E-state index in [1.54, 1.807) is 0 Å². The lowest BCUT2D eigenvalue weighted by molar-refractivity contribution is 0.0263. The average Bonchev–Trinajstić information content (AvgIpc) is 3.14. The number of nitrogens with zero attached hydrogens (tertiary/aromatic N) is 2. The number of guanidine groups is 1. The smallest absolute Gasteiger partial charge is 0.193 e. The minimum atomic E-state index is 0. The molecule has 0 spiro atoms. The van der Waals surface area contributed by atoms with Crippen LogP contribution in [-0.4, -0.2) is 50.3 Å². The fourth-order valence-electron chi connectivity index (χ4n) is 4.49. The van der Waals surface area contributed by atoms with E-state index in [-0.39, 0.29) is 29.4 Å². The Morgan fingerprint density at radius 1 is 1.30 bits per heavy atom. The minimum Gasteiger partial charge on any atom is -0.378 e. The molecular weight excluding hydrogens is 473 g/mol. The van der Waals surface area contributed by atoms with Crippen LogP contribution in [0.4, 0.5) is 0 Å². The molecule has 6 heteroatoms. The Bertz CT molecular complexity index is 611. The van der Waals surface area contributed by atoms with Crippen molar-refractivity contribution in [2.24, 2.45) is 4.99 Å². The van der Waals surface area contributed by atoms with E-state index in [1.807, 2.05) is 13.1 Å². The number of hydrogen-bond donors (Lipinski definition) is 1. The standard InChI is InChI=1S/C21H32ClN3O.HI/c1-3-26-19-9-13-25(14-10-19)20(23-2)24-16-21(11-4-5-12-21)17-7-6-8-18(22)15-17;/h6-8,15,19H,3-5,9-14,16H2,1-2H3,(H,23,24);1H. The molecular formula is C21H33ClIN3O. The van der Waals surface area contributed by atoms with Crippen LogP contribution in [0.5, 0.6) is 0 Å². The van der Waals surface area contributed by atoms with Gasteiger partial charge in [-0.15, -0.1) is 24.0 Å². The van der Waals surface area contributed by atoms with Crippen molar-refractivity contribution in [3.05, 3.63) is 34.9 Å². The number of ether oxygens (including phenoxy) is 1. The Kier molecular flexibility index (Phi) is 9.16. The van der Waals surface area contributed by atoms with E-state index in [2.05, 4.69) is 40.3 Å². The second-order valence-electron chi connectivity index (χ2n) is 7.54. The van der Waals surface area contributed by atoms with Crippen molar-refractivity contribution in [3.63, 3.8) is 0 Å². The van der Waals surface area contributed by atoms with Gasteiger partial charge >= 0.3 is 0 Å². The summed E-state index contributed by atoms with van der Waals surface area (Å²) >= 11 is 6.27. The quantitative estimate of drug-likeness (QED) is 0.353. The molecule has 0 radical (unpaired) electrons. The van der Waals surface area contributed by atoms with Crippen molar-refractivity contribution >= 4 is 41.5 Å². The maximum atomic E-state index is 6.27. The van der Waals surface area contributed by atoms with Crippen LogP contribution >= 0.6 is 35.6 Å². The van der Waals surface area contributed by atoms with Crippen molar-refractivity contribution in [3.8, 4) is 0 Å². The van der Waals surface area contributed by atoms with Gasteiger partial charge in [-0.25, -0.2) is 0 Å². The molecule has 0 aromatic heterocycles. The summed E-state index contributed by atoms with van der Waals surface area (Å²) in [5, 5.41) is 4.51. The number of benzene rings is 1. The van der Waals surface area contributed by atoms with E-state index in [9.17, 15) is 0 Å². The third-order valence-electron chi connectivity index (χ3n) is 5.94. The van der Waals surface area contributed by atoms with E-state index >= 15 is 0 Å². The van der Waals surface area contributed by atoms with E-state index in [0.29, 0.717) is 6.10 Å². The Hall–Kier alpha value is -0.530. The topological polar surface area (TPSA) is 36.9 Å². The molecule has 1 saturated heterocycles. The molecule has 0 atom stereocenters. The summed E-state index contributed by atoms with van der Waals surface area (Å²) < 4.78 is 5.77. The summed E-state index contributed by atoms with van der Waals surface area (Å²) in [5.41, 5.74) is 1.53. The zero-order chi connectivity index (χ0) is 18.4. The molecule has 2 aliphatic rings. The lowest BCUT2D eigenvalue weighted by atomic mass is 9.79. The van der Waals surface area contributed by atoms with Crippen LogP contribution in [0.3, 0.4) is 0 Å². The molecule has 1 aliphatic heterocycles. The third kappa shape index (κ3) is 5.73.